The maximum absolute atomic E-state index is 13.5. The van der Waals surface area contributed by atoms with Gasteiger partial charge < -0.3 is 5.32 Å². The molecule has 13 heavy (non-hydrogen) atoms. The molecule has 2 heteroatoms. The van der Waals surface area contributed by atoms with E-state index in [9.17, 15) is 4.39 Å². The van der Waals surface area contributed by atoms with Gasteiger partial charge in [0.2, 0.25) is 0 Å². The van der Waals surface area contributed by atoms with Gasteiger partial charge in [-0.25, -0.2) is 4.39 Å². The fourth-order valence-electron chi connectivity index (χ4n) is 1.59. The molecule has 1 aromatic carbocycles. The molecule has 0 bridgehead atoms. The zero-order valence-electron chi connectivity index (χ0n) is 7.59. The van der Waals surface area contributed by atoms with E-state index in [-0.39, 0.29) is 0 Å². The number of alkyl halides is 1. The van der Waals surface area contributed by atoms with Crippen LogP contribution in [-0.4, -0.2) is 18.8 Å². The van der Waals surface area contributed by atoms with E-state index in [1.807, 2.05) is 18.2 Å². The molecular weight excluding hydrogens is 165 g/mol. The van der Waals surface area contributed by atoms with Crippen LogP contribution in [-0.2, 0) is 6.42 Å². The zero-order chi connectivity index (χ0) is 9.15. The highest BCUT2D eigenvalue weighted by Gasteiger charge is 2.35. The van der Waals surface area contributed by atoms with Crippen LogP contribution in [0.25, 0.3) is 0 Å². The number of hydrogen-bond acceptors (Lipinski definition) is 1. The predicted octanol–water partition coefficient (Wildman–Crippen LogP) is 1.93. The quantitative estimate of drug-likeness (QED) is 0.747. The van der Waals surface area contributed by atoms with Crippen molar-refractivity contribution in [1.29, 1.82) is 0 Å². The molecular formula is C11H14FN. The van der Waals surface area contributed by atoms with Gasteiger partial charge in [-0.1, -0.05) is 30.3 Å². The molecule has 0 spiro atoms. The van der Waals surface area contributed by atoms with Crippen LogP contribution in [0.2, 0.25) is 0 Å². The number of hydrogen-bond donors (Lipinski definition) is 1. The minimum atomic E-state index is -0.935. The van der Waals surface area contributed by atoms with Crippen molar-refractivity contribution in [2.24, 2.45) is 0 Å². The second-order valence-electron chi connectivity index (χ2n) is 3.74. The molecule has 0 radical (unpaired) electrons. The van der Waals surface area contributed by atoms with Crippen molar-refractivity contribution < 1.29 is 4.39 Å². The van der Waals surface area contributed by atoms with Crippen molar-refractivity contribution in [1.82, 2.24) is 5.32 Å². The summed E-state index contributed by atoms with van der Waals surface area (Å²) in [5, 5.41) is 2.96. The van der Waals surface area contributed by atoms with Crippen LogP contribution in [0, 0.1) is 0 Å². The first-order valence-electron chi connectivity index (χ1n) is 4.72. The van der Waals surface area contributed by atoms with Crippen LogP contribution in [0.1, 0.15) is 12.0 Å². The first-order chi connectivity index (χ1) is 6.29. The van der Waals surface area contributed by atoms with Crippen LogP contribution in [0.3, 0.4) is 0 Å². The van der Waals surface area contributed by atoms with E-state index in [4.69, 9.17) is 0 Å². The topological polar surface area (TPSA) is 12.0 Å². The summed E-state index contributed by atoms with van der Waals surface area (Å²) in [6.45, 7) is 1.06. The molecule has 1 nitrogen and oxygen atoms in total. The third kappa shape index (κ3) is 2.07. The maximum Gasteiger partial charge on any atom is 0.136 e. The van der Waals surface area contributed by atoms with Crippen LogP contribution < -0.4 is 5.32 Å². The van der Waals surface area contributed by atoms with E-state index in [2.05, 4.69) is 17.4 Å². The first kappa shape index (κ1) is 8.70. The van der Waals surface area contributed by atoms with Gasteiger partial charge in [0, 0.05) is 13.1 Å². The molecule has 0 saturated carbocycles. The molecule has 0 aliphatic carbocycles. The van der Waals surface area contributed by atoms with Gasteiger partial charge in [-0.15, -0.1) is 0 Å². The molecule has 1 N–H and O–H groups in total. The molecule has 1 aromatic rings. The summed E-state index contributed by atoms with van der Waals surface area (Å²) in [5.41, 5.74) is 0.293. The average Bonchev–Trinajstić information content (AvgIpc) is 2.13. The lowest BCUT2D eigenvalue weighted by Gasteiger charge is -2.35. The van der Waals surface area contributed by atoms with Crippen molar-refractivity contribution in [2.75, 3.05) is 13.1 Å². The second kappa shape index (κ2) is 3.46. The summed E-state index contributed by atoms with van der Waals surface area (Å²) >= 11 is 0. The van der Waals surface area contributed by atoms with Gasteiger partial charge in [0.25, 0.3) is 0 Å². The fourth-order valence-corrected chi connectivity index (χ4v) is 1.59. The predicted molar refractivity (Wildman–Crippen MR) is 51.5 cm³/mol. The first-order valence-corrected chi connectivity index (χ1v) is 4.72. The lowest BCUT2D eigenvalue weighted by molar-refractivity contribution is 0.0809. The van der Waals surface area contributed by atoms with E-state index >= 15 is 0 Å². The molecule has 70 valence electrons. The fraction of sp³-hybridized carbons (Fsp3) is 0.455. The minimum Gasteiger partial charge on any atom is -0.310 e. The lowest BCUT2D eigenvalue weighted by atomic mass is 9.91. The van der Waals surface area contributed by atoms with E-state index < -0.39 is 5.67 Å². The Morgan fingerprint density at radius 2 is 1.92 bits per heavy atom. The SMILES string of the molecule is FC1(CCc2ccccc2)CNC1. The Hall–Kier alpha value is -0.890. The average molecular weight is 179 g/mol. The Labute approximate surface area is 78.0 Å². The summed E-state index contributed by atoms with van der Waals surface area (Å²) in [6.07, 6.45) is 1.49. The van der Waals surface area contributed by atoms with E-state index in [0.717, 1.165) is 6.42 Å². The van der Waals surface area contributed by atoms with Gasteiger partial charge in [-0.2, -0.15) is 0 Å². The highest BCUT2D eigenvalue weighted by Crippen LogP contribution is 2.22. The highest BCUT2D eigenvalue weighted by molar-refractivity contribution is 5.15. The monoisotopic (exact) mass is 179 g/mol. The van der Waals surface area contributed by atoms with E-state index in [1.54, 1.807) is 0 Å². The van der Waals surface area contributed by atoms with Crippen molar-refractivity contribution >= 4 is 0 Å². The zero-order valence-corrected chi connectivity index (χ0v) is 7.59. The van der Waals surface area contributed by atoms with Crippen molar-refractivity contribution in [3.8, 4) is 0 Å². The number of nitrogens with one attached hydrogen (secondary N) is 1. The molecule has 0 atom stereocenters. The smallest absolute Gasteiger partial charge is 0.136 e. The largest absolute Gasteiger partial charge is 0.310 e. The minimum absolute atomic E-state index is 0.528. The molecule has 0 amide bonds. The molecule has 0 aromatic heterocycles. The summed E-state index contributed by atoms with van der Waals surface area (Å²) in [7, 11) is 0. The van der Waals surface area contributed by atoms with Crippen LogP contribution in [0.15, 0.2) is 30.3 Å². The van der Waals surface area contributed by atoms with Crippen molar-refractivity contribution in [2.45, 2.75) is 18.5 Å². The normalized spacial score (nSPS) is 19.5. The maximum atomic E-state index is 13.5. The van der Waals surface area contributed by atoms with Gasteiger partial charge in [0.1, 0.15) is 5.67 Å². The summed E-state index contributed by atoms with van der Waals surface area (Å²) < 4.78 is 13.5. The van der Waals surface area contributed by atoms with Crippen LogP contribution >= 0.6 is 0 Å². The summed E-state index contributed by atoms with van der Waals surface area (Å²) in [6, 6.07) is 10.1. The van der Waals surface area contributed by atoms with Crippen LogP contribution in [0.4, 0.5) is 4.39 Å². The Kier molecular flexibility index (Phi) is 2.32. The van der Waals surface area contributed by atoms with E-state index in [0.29, 0.717) is 19.5 Å². The number of benzene rings is 1. The number of rotatable bonds is 3. The standard InChI is InChI=1S/C11H14FN/c12-11(8-13-9-11)7-6-10-4-2-1-3-5-10/h1-5,13H,6-9H2. The van der Waals surface area contributed by atoms with Gasteiger partial charge >= 0.3 is 0 Å². The molecule has 2 rings (SSSR count). The number of halogens is 1. The summed E-state index contributed by atoms with van der Waals surface area (Å²) in [4.78, 5) is 0. The molecule has 1 fully saturated rings. The molecule has 1 aliphatic heterocycles. The molecule has 1 aliphatic rings. The van der Waals surface area contributed by atoms with Crippen molar-refractivity contribution in [3.63, 3.8) is 0 Å². The lowest BCUT2D eigenvalue weighted by Crippen LogP contribution is -2.56. The Morgan fingerprint density at radius 3 is 2.46 bits per heavy atom. The molecule has 0 unspecified atom stereocenters. The van der Waals surface area contributed by atoms with Gasteiger partial charge in [0.05, 0.1) is 0 Å². The third-order valence-electron chi connectivity index (χ3n) is 2.59. The molecule has 1 saturated heterocycles. The highest BCUT2D eigenvalue weighted by atomic mass is 19.1. The van der Waals surface area contributed by atoms with E-state index in [1.165, 1.54) is 5.56 Å². The summed E-state index contributed by atoms with van der Waals surface area (Å²) in [5.74, 6) is 0. The van der Waals surface area contributed by atoms with Gasteiger partial charge in [-0.05, 0) is 18.4 Å². The molecule has 1 heterocycles. The Morgan fingerprint density at radius 1 is 1.23 bits per heavy atom. The second-order valence-corrected chi connectivity index (χ2v) is 3.74. The van der Waals surface area contributed by atoms with Gasteiger partial charge in [-0.3, -0.25) is 0 Å². The van der Waals surface area contributed by atoms with Crippen LogP contribution in [0.5, 0.6) is 0 Å². The Bertz CT molecular complexity index is 267. The Balaban J connectivity index is 1.86. The third-order valence-corrected chi connectivity index (χ3v) is 2.59. The van der Waals surface area contributed by atoms with Gasteiger partial charge in [0.15, 0.2) is 0 Å². The van der Waals surface area contributed by atoms with Crippen molar-refractivity contribution in [3.05, 3.63) is 35.9 Å². The number of aryl methyl sites for hydroxylation is 1.